The van der Waals surface area contributed by atoms with Gasteiger partial charge in [-0.15, -0.1) is 0 Å². The molecule has 3 aromatic carbocycles. The van der Waals surface area contributed by atoms with Gasteiger partial charge in [-0.1, -0.05) is 55.2 Å². The Morgan fingerprint density at radius 2 is 1.61 bits per heavy atom. The van der Waals surface area contributed by atoms with Crippen LogP contribution in [0.1, 0.15) is 78.9 Å². The highest BCUT2D eigenvalue weighted by molar-refractivity contribution is 5.89. The van der Waals surface area contributed by atoms with Crippen LogP contribution in [-0.4, -0.2) is 79.0 Å². The van der Waals surface area contributed by atoms with Crippen molar-refractivity contribution in [1.29, 1.82) is 0 Å². The number of carbonyl (C=O) groups is 3. The topological polar surface area (TPSA) is 113 Å². The van der Waals surface area contributed by atoms with Crippen LogP contribution in [0.15, 0.2) is 65.7 Å². The van der Waals surface area contributed by atoms with Crippen LogP contribution in [0.4, 0.5) is 10.5 Å². The SMILES string of the molecule is Cc1cc(C)c(COC(=O)CN2C(N(C)C)=Nc3ccc(OCCCC(=O)N(C)C4CCCCC4)cc3C2NC(=O)Oc2ccccc2)c(C)c1. The maximum atomic E-state index is 13.5. The molecule has 1 aliphatic heterocycles. The predicted molar refractivity (Wildman–Crippen MR) is 197 cm³/mol. The molecule has 0 radical (unpaired) electrons. The maximum absolute atomic E-state index is 13.5. The van der Waals surface area contributed by atoms with Crippen LogP contribution < -0.4 is 14.8 Å². The Bertz CT molecular complexity index is 1700. The molecular weight excluding hydrogens is 646 g/mol. The fourth-order valence-electron chi connectivity index (χ4n) is 6.85. The van der Waals surface area contributed by atoms with Gasteiger partial charge in [0.25, 0.3) is 0 Å². The molecular formula is C40H51N5O6. The van der Waals surface area contributed by atoms with E-state index in [1.165, 1.54) is 19.3 Å². The van der Waals surface area contributed by atoms with E-state index in [1.54, 1.807) is 34.1 Å². The molecule has 2 aliphatic rings. The van der Waals surface area contributed by atoms with E-state index in [0.29, 0.717) is 54.2 Å². The van der Waals surface area contributed by atoms with Gasteiger partial charge in [0.2, 0.25) is 11.9 Å². The zero-order valence-electron chi connectivity index (χ0n) is 30.7. The zero-order chi connectivity index (χ0) is 36.5. The Morgan fingerprint density at radius 1 is 0.902 bits per heavy atom. The van der Waals surface area contributed by atoms with Gasteiger partial charge < -0.3 is 28.9 Å². The van der Waals surface area contributed by atoms with E-state index >= 15 is 0 Å². The van der Waals surface area contributed by atoms with Crippen molar-refractivity contribution in [3.05, 3.63) is 88.5 Å². The molecule has 272 valence electrons. The Kier molecular flexibility index (Phi) is 12.6. The van der Waals surface area contributed by atoms with Crippen LogP contribution >= 0.6 is 0 Å². The summed E-state index contributed by atoms with van der Waals surface area (Å²) in [4.78, 5) is 49.9. The van der Waals surface area contributed by atoms with Gasteiger partial charge in [0.1, 0.15) is 30.8 Å². The first-order valence-corrected chi connectivity index (χ1v) is 17.8. The van der Waals surface area contributed by atoms with Crippen LogP contribution in [-0.2, 0) is 20.9 Å². The number of carbonyl (C=O) groups excluding carboxylic acids is 3. The van der Waals surface area contributed by atoms with Crippen molar-refractivity contribution in [3.63, 3.8) is 0 Å². The van der Waals surface area contributed by atoms with Crippen molar-refractivity contribution in [1.82, 2.24) is 20.0 Å². The molecule has 2 amide bonds. The summed E-state index contributed by atoms with van der Waals surface area (Å²) < 4.78 is 17.5. The second-order valence-corrected chi connectivity index (χ2v) is 13.7. The van der Waals surface area contributed by atoms with Gasteiger partial charge in [0.15, 0.2) is 0 Å². The Morgan fingerprint density at radius 3 is 2.29 bits per heavy atom. The van der Waals surface area contributed by atoms with Gasteiger partial charge in [0, 0.05) is 39.2 Å². The fourth-order valence-corrected chi connectivity index (χ4v) is 6.85. The van der Waals surface area contributed by atoms with Gasteiger partial charge >= 0.3 is 12.1 Å². The summed E-state index contributed by atoms with van der Waals surface area (Å²) in [6.07, 6.45) is 5.16. The first kappa shape index (κ1) is 37.2. The molecule has 11 nitrogen and oxygen atoms in total. The number of aryl methyl sites for hydroxylation is 3. The number of hydrogen-bond acceptors (Lipinski definition) is 9. The molecule has 3 aromatic rings. The fraction of sp³-hybridized carbons (Fsp3) is 0.450. The normalized spacial score (nSPS) is 15.7. The number of benzene rings is 3. The number of para-hydroxylation sites is 1. The minimum atomic E-state index is -0.851. The highest BCUT2D eigenvalue weighted by Crippen LogP contribution is 2.37. The third-order valence-corrected chi connectivity index (χ3v) is 9.53. The molecule has 1 heterocycles. The molecule has 1 aliphatic carbocycles. The van der Waals surface area contributed by atoms with E-state index in [-0.39, 0.29) is 19.1 Å². The lowest BCUT2D eigenvalue weighted by molar-refractivity contribution is -0.146. The number of nitrogens with zero attached hydrogens (tertiary/aromatic N) is 4. The molecule has 1 atom stereocenters. The lowest BCUT2D eigenvalue weighted by Crippen LogP contribution is -2.52. The van der Waals surface area contributed by atoms with E-state index < -0.39 is 18.2 Å². The number of fused-ring (bicyclic) bond motifs is 1. The number of guanidine groups is 1. The highest BCUT2D eigenvalue weighted by Gasteiger charge is 2.35. The highest BCUT2D eigenvalue weighted by atomic mass is 16.6. The van der Waals surface area contributed by atoms with Crippen LogP contribution in [0, 0.1) is 20.8 Å². The Labute approximate surface area is 301 Å². The molecule has 0 aromatic heterocycles. The second kappa shape index (κ2) is 17.2. The lowest BCUT2D eigenvalue weighted by atomic mass is 9.94. The number of ether oxygens (including phenoxy) is 3. The smallest absolute Gasteiger partial charge is 0.414 e. The summed E-state index contributed by atoms with van der Waals surface area (Å²) in [5, 5.41) is 2.96. The molecule has 0 saturated heterocycles. The van der Waals surface area contributed by atoms with E-state index in [9.17, 15) is 14.4 Å². The quantitative estimate of drug-likeness (QED) is 0.160. The minimum absolute atomic E-state index is 0.126. The van der Waals surface area contributed by atoms with Gasteiger partial charge in [0.05, 0.1) is 12.3 Å². The second-order valence-electron chi connectivity index (χ2n) is 13.7. The Balaban J connectivity index is 1.33. The van der Waals surface area contributed by atoms with E-state index in [4.69, 9.17) is 19.2 Å². The molecule has 0 bridgehead atoms. The average Bonchev–Trinajstić information content (AvgIpc) is 3.10. The summed E-state index contributed by atoms with van der Waals surface area (Å²) in [5.41, 5.74) is 5.45. The van der Waals surface area contributed by atoms with Crippen molar-refractivity contribution >= 4 is 29.6 Å². The van der Waals surface area contributed by atoms with E-state index in [0.717, 1.165) is 35.1 Å². The number of hydrogen-bond donors (Lipinski definition) is 1. The van der Waals surface area contributed by atoms with Crippen molar-refractivity contribution in [2.24, 2.45) is 4.99 Å². The predicted octanol–water partition coefficient (Wildman–Crippen LogP) is 6.96. The van der Waals surface area contributed by atoms with Crippen molar-refractivity contribution in [2.75, 3.05) is 34.3 Å². The first-order chi connectivity index (χ1) is 24.5. The number of amides is 2. The monoisotopic (exact) mass is 697 g/mol. The Hall–Kier alpha value is -5.06. The van der Waals surface area contributed by atoms with Crippen LogP contribution in [0.25, 0.3) is 0 Å². The largest absolute Gasteiger partial charge is 0.494 e. The van der Waals surface area contributed by atoms with Crippen molar-refractivity contribution in [2.45, 2.75) is 84.5 Å². The first-order valence-electron chi connectivity index (χ1n) is 17.8. The van der Waals surface area contributed by atoms with Crippen LogP contribution in [0.5, 0.6) is 11.5 Å². The van der Waals surface area contributed by atoms with E-state index in [2.05, 4.69) is 17.4 Å². The summed E-state index contributed by atoms with van der Waals surface area (Å²) in [6.45, 7) is 6.33. The molecule has 51 heavy (non-hydrogen) atoms. The van der Waals surface area contributed by atoms with Crippen LogP contribution in [0.2, 0.25) is 0 Å². The summed E-state index contributed by atoms with van der Waals surface area (Å²) in [7, 11) is 5.56. The number of nitrogens with one attached hydrogen (secondary N) is 1. The third kappa shape index (κ3) is 9.80. The van der Waals surface area contributed by atoms with Gasteiger partial charge in [-0.3, -0.25) is 14.9 Å². The summed E-state index contributed by atoms with van der Waals surface area (Å²) in [5.74, 6) is 1.05. The minimum Gasteiger partial charge on any atom is -0.494 e. The average molecular weight is 698 g/mol. The van der Waals surface area contributed by atoms with Crippen molar-refractivity contribution in [3.8, 4) is 11.5 Å². The van der Waals surface area contributed by atoms with Crippen LogP contribution in [0.3, 0.4) is 0 Å². The number of rotatable bonds is 12. The summed E-state index contributed by atoms with van der Waals surface area (Å²) in [6, 6.07) is 18.7. The maximum Gasteiger partial charge on any atom is 0.414 e. The molecule has 0 spiro atoms. The zero-order valence-corrected chi connectivity index (χ0v) is 30.7. The van der Waals surface area contributed by atoms with Gasteiger partial charge in [-0.2, -0.15) is 0 Å². The molecule has 11 heteroatoms. The molecule has 5 rings (SSSR count). The lowest BCUT2D eigenvalue weighted by Gasteiger charge is -2.39. The van der Waals surface area contributed by atoms with E-state index in [1.807, 2.05) is 71.1 Å². The third-order valence-electron chi connectivity index (χ3n) is 9.53. The standard InChI is InChI=1S/C40H51N5O6/c1-27-22-28(2)34(29(3)23-27)26-50-37(47)25-45-38(42-40(48)51-31-16-11-8-12-17-31)33-24-32(19-20-35(33)41-39(45)43(4)5)49-21-13-18-36(46)44(6)30-14-9-7-10-15-30/h8,11-12,16-17,19-20,22-24,30,38H,7,9-10,13-15,18,21,25-26H2,1-6H3,(H,42,48). The van der Waals surface area contributed by atoms with Gasteiger partial charge in [-0.05, 0) is 87.1 Å². The molecule has 1 unspecified atom stereocenters. The number of esters is 1. The molecule has 1 fully saturated rings. The van der Waals surface area contributed by atoms with Gasteiger partial charge in [-0.25, -0.2) is 9.79 Å². The molecule has 1 N–H and O–H groups in total. The molecule has 1 saturated carbocycles. The van der Waals surface area contributed by atoms with Crippen molar-refractivity contribution < 1.29 is 28.6 Å². The number of aliphatic imine (C=N–C) groups is 1. The summed E-state index contributed by atoms with van der Waals surface area (Å²) >= 11 is 0.